The highest BCUT2D eigenvalue weighted by atomic mass is 19.4. The van der Waals surface area contributed by atoms with Gasteiger partial charge >= 0.3 is 6.18 Å². The molecular formula is C65H44F3N5. The van der Waals surface area contributed by atoms with Gasteiger partial charge in [-0.15, -0.1) is 0 Å². The van der Waals surface area contributed by atoms with E-state index in [4.69, 9.17) is 19.9 Å². The van der Waals surface area contributed by atoms with Crippen molar-refractivity contribution < 1.29 is 13.2 Å². The summed E-state index contributed by atoms with van der Waals surface area (Å²) in [5.41, 5.74) is 12.8. The van der Waals surface area contributed by atoms with E-state index >= 15 is 13.2 Å². The highest BCUT2D eigenvalue weighted by molar-refractivity contribution is 6.13. The van der Waals surface area contributed by atoms with Crippen LogP contribution in [0.1, 0.15) is 16.7 Å². The van der Waals surface area contributed by atoms with Crippen LogP contribution in [0.2, 0.25) is 0 Å². The molecule has 0 atom stereocenters. The molecule has 5 nitrogen and oxygen atoms in total. The summed E-state index contributed by atoms with van der Waals surface area (Å²) in [7, 11) is 0. The Balaban J connectivity index is 1.25. The number of hydrogen-bond donors (Lipinski definition) is 0. The summed E-state index contributed by atoms with van der Waals surface area (Å²) >= 11 is 0. The number of aromatic nitrogens is 5. The van der Waals surface area contributed by atoms with Crippen molar-refractivity contribution in [3.63, 3.8) is 0 Å². The van der Waals surface area contributed by atoms with E-state index in [9.17, 15) is 0 Å². The summed E-state index contributed by atoms with van der Waals surface area (Å²) in [6, 6.07) is 74.1. The summed E-state index contributed by atoms with van der Waals surface area (Å²) in [6.07, 6.45) is -4.77. The molecule has 12 rings (SSSR count). The van der Waals surface area contributed by atoms with Crippen LogP contribution in [-0.4, -0.2) is 24.5 Å². The van der Waals surface area contributed by atoms with E-state index in [1.54, 1.807) is 12.1 Å². The molecule has 350 valence electrons. The second-order valence-corrected chi connectivity index (χ2v) is 18.3. The van der Waals surface area contributed by atoms with Gasteiger partial charge in [-0.25, -0.2) is 19.9 Å². The molecule has 0 aliphatic carbocycles. The highest BCUT2D eigenvalue weighted by Crippen LogP contribution is 2.47. The van der Waals surface area contributed by atoms with Crippen LogP contribution in [0.4, 0.5) is 13.2 Å². The SMILES string of the molecule is Cc1ccc(-c2ccc3c(c2)c2cc(-c4ccc(C)cc4)ccc2n3-c2c(-c3cc(-c4ccccc4)nc(-c4ccccc4)n3)cc(C(F)(F)F)cc2-c2cc(-c3ccccc3)nc(-c3ccccc3)n2)cc1. The second kappa shape index (κ2) is 18.5. The van der Waals surface area contributed by atoms with E-state index in [2.05, 4.69) is 103 Å². The molecule has 0 saturated carbocycles. The van der Waals surface area contributed by atoms with Crippen LogP contribution in [0.5, 0.6) is 0 Å². The van der Waals surface area contributed by atoms with E-state index in [1.807, 2.05) is 121 Å². The third kappa shape index (κ3) is 8.74. The van der Waals surface area contributed by atoms with Gasteiger partial charge in [0.15, 0.2) is 11.6 Å². The Morgan fingerprint density at radius 1 is 0.329 bits per heavy atom. The monoisotopic (exact) mass is 951 g/mol. The first kappa shape index (κ1) is 44.9. The Kier molecular flexibility index (Phi) is 11.4. The zero-order valence-corrected chi connectivity index (χ0v) is 39.8. The molecule has 0 N–H and O–H groups in total. The third-order valence-electron chi connectivity index (χ3n) is 13.4. The summed E-state index contributed by atoms with van der Waals surface area (Å²) in [5.74, 6) is 0.740. The molecule has 0 saturated heterocycles. The molecule has 0 amide bonds. The minimum atomic E-state index is -4.77. The van der Waals surface area contributed by atoms with E-state index in [-0.39, 0.29) is 11.1 Å². The van der Waals surface area contributed by atoms with Gasteiger partial charge in [-0.1, -0.05) is 193 Å². The van der Waals surface area contributed by atoms with Crippen LogP contribution in [0, 0.1) is 13.8 Å². The van der Waals surface area contributed by atoms with Crippen molar-refractivity contribution in [2.45, 2.75) is 20.0 Å². The standard InChI is InChI=1S/C65H44F3N5/c1-41-23-27-43(28-24-41)49-31-33-60-52(35-49)53-36-50(44-29-25-42(2)26-30-44)32-34-61(53)73(60)62-54(58-39-56(45-15-7-3-8-16-45)69-63(71-58)47-19-11-5-12-20-47)37-51(65(66,67)68)38-55(62)59-40-57(46-17-9-4-10-18-46)70-64(72-59)48-21-13-6-14-22-48/h3-40H,1-2H3. The lowest BCUT2D eigenvalue weighted by atomic mass is 9.95. The predicted molar refractivity (Wildman–Crippen MR) is 290 cm³/mol. The summed E-state index contributed by atoms with van der Waals surface area (Å²) in [6.45, 7) is 4.14. The van der Waals surface area contributed by atoms with Crippen LogP contribution >= 0.6 is 0 Å². The number of hydrogen-bond acceptors (Lipinski definition) is 4. The molecular weight excluding hydrogens is 908 g/mol. The maximum atomic E-state index is 15.9. The Bertz CT molecular complexity index is 3620. The van der Waals surface area contributed by atoms with Crippen molar-refractivity contribution in [1.82, 2.24) is 24.5 Å². The summed E-state index contributed by atoms with van der Waals surface area (Å²) in [4.78, 5) is 20.6. The van der Waals surface area contributed by atoms with Crippen molar-refractivity contribution in [1.29, 1.82) is 0 Å². The lowest BCUT2D eigenvalue weighted by Crippen LogP contribution is -2.10. The average Bonchev–Trinajstić information content (AvgIpc) is 3.76. The number of rotatable bonds is 9. The molecule has 0 bridgehead atoms. The van der Waals surface area contributed by atoms with Gasteiger partial charge in [0.25, 0.3) is 0 Å². The molecule has 0 aliphatic rings. The van der Waals surface area contributed by atoms with Gasteiger partial charge in [0.2, 0.25) is 0 Å². The molecule has 73 heavy (non-hydrogen) atoms. The molecule has 9 aromatic carbocycles. The molecule has 3 heterocycles. The molecule has 0 aliphatic heterocycles. The second-order valence-electron chi connectivity index (χ2n) is 18.3. The van der Waals surface area contributed by atoms with Gasteiger partial charge in [-0.05, 0) is 84.6 Å². The summed E-state index contributed by atoms with van der Waals surface area (Å²) < 4.78 is 49.9. The Morgan fingerprint density at radius 3 is 1.04 bits per heavy atom. The predicted octanol–water partition coefficient (Wildman–Crippen LogP) is 17.3. The van der Waals surface area contributed by atoms with Crippen molar-refractivity contribution in [2.24, 2.45) is 0 Å². The number of halogens is 3. The van der Waals surface area contributed by atoms with Crippen molar-refractivity contribution in [2.75, 3.05) is 0 Å². The number of aryl methyl sites for hydroxylation is 2. The van der Waals surface area contributed by atoms with Gasteiger partial charge in [0, 0.05) is 44.2 Å². The molecule has 12 aromatic rings. The molecule has 8 heteroatoms. The topological polar surface area (TPSA) is 56.5 Å². The van der Waals surface area contributed by atoms with Gasteiger partial charge < -0.3 is 4.57 Å². The van der Waals surface area contributed by atoms with E-state index in [0.717, 1.165) is 77.4 Å². The molecule has 0 spiro atoms. The fourth-order valence-electron chi connectivity index (χ4n) is 9.66. The van der Waals surface area contributed by atoms with Crippen LogP contribution in [-0.2, 0) is 6.18 Å². The lowest BCUT2D eigenvalue weighted by molar-refractivity contribution is -0.137. The first-order valence-corrected chi connectivity index (χ1v) is 24.1. The molecule has 0 fully saturated rings. The van der Waals surface area contributed by atoms with Crippen molar-refractivity contribution in [3.05, 3.63) is 247 Å². The first-order valence-electron chi connectivity index (χ1n) is 24.1. The van der Waals surface area contributed by atoms with E-state index < -0.39 is 11.7 Å². The number of alkyl halides is 3. The highest BCUT2D eigenvalue weighted by Gasteiger charge is 2.35. The molecule has 3 aromatic heterocycles. The van der Waals surface area contributed by atoms with Crippen LogP contribution < -0.4 is 0 Å². The molecule has 0 unspecified atom stereocenters. The zero-order chi connectivity index (χ0) is 49.6. The number of nitrogens with zero attached hydrogens (tertiary/aromatic N) is 5. The maximum absolute atomic E-state index is 15.9. The zero-order valence-electron chi connectivity index (χ0n) is 39.8. The van der Waals surface area contributed by atoms with E-state index in [0.29, 0.717) is 40.1 Å². The van der Waals surface area contributed by atoms with Crippen LogP contribution in [0.25, 0.3) is 118 Å². The van der Waals surface area contributed by atoms with Gasteiger partial charge in [-0.2, -0.15) is 13.2 Å². The van der Waals surface area contributed by atoms with Gasteiger partial charge in [0.05, 0.1) is 45.1 Å². The third-order valence-corrected chi connectivity index (χ3v) is 13.4. The average molecular weight is 952 g/mol. The number of benzene rings is 9. The molecule has 0 radical (unpaired) electrons. The minimum absolute atomic E-state index is 0.242. The number of fused-ring (bicyclic) bond motifs is 3. The lowest BCUT2D eigenvalue weighted by Gasteiger charge is -2.22. The fourth-order valence-corrected chi connectivity index (χ4v) is 9.66. The minimum Gasteiger partial charge on any atom is -0.308 e. The van der Waals surface area contributed by atoms with Crippen LogP contribution in [0.3, 0.4) is 0 Å². The smallest absolute Gasteiger partial charge is 0.308 e. The van der Waals surface area contributed by atoms with E-state index in [1.165, 1.54) is 12.1 Å². The Hall–Kier alpha value is -9.27. The first-order chi connectivity index (χ1) is 35.6. The summed E-state index contributed by atoms with van der Waals surface area (Å²) in [5, 5.41) is 1.85. The normalized spacial score (nSPS) is 11.6. The maximum Gasteiger partial charge on any atom is 0.416 e. The van der Waals surface area contributed by atoms with Crippen molar-refractivity contribution >= 4 is 21.8 Å². The van der Waals surface area contributed by atoms with Gasteiger partial charge in [-0.3, -0.25) is 0 Å². The van der Waals surface area contributed by atoms with Crippen LogP contribution in [0.15, 0.2) is 231 Å². The van der Waals surface area contributed by atoms with Crippen molar-refractivity contribution in [3.8, 4) is 95.7 Å². The Labute approximate surface area is 420 Å². The fraction of sp³-hybridized carbons (Fsp3) is 0.0462. The Morgan fingerprint density at radius 2 is 0.671 bits per heavy atom. The quantitative estimate of drug-likeness (QED) is 0.145. The van der Waals surface area contributed by atoms with Gasteiger partial charge in [0.1, 0.15) is 0 Å². The largest absolute Gasteiger partial charge is 0.416 e.